The van der Waals surface area contributed by atoms with Gasteiger partial charge in [0, 0.05) is 18.6 Å². The third-order valence-electron chi connectivity index (χ3n) is 6.80. The summed E-state index contributed by atoms with van der Waals surface area (Å²) in [6, 6.07) is 0. The Labute approximate surface area is 111 Å². The lowest BCUT2D eigenvalue weighted by Gasteiger charge is -2.44. The molecule has 1 N–H and O–H groups in total. The van der Waals surface area contributed by atoms with Crippen molar-refractivity contribution in [2.24, 2.45) is 17.3 Å². The zero-order chi connectivity index (χ0) is 12.2. The second-order valence-electron chi connectivity index (χ2n) is 7.71. The zero-order valence-corrected chi connectivity index (χ0v) is 11.9. The van der Waals surface area contributed by atoms with Gasteiger partial charge >= 0.3 is 0 Å². The van der Waals surface area contributed by atoms with Crippen LogP contribution >= 0.6 is 0 Å². The Balaban J connectivity index is 1.31. The van der Waals surface area contributed by atoms with E-state index in [9.17, 15) is 0 Å². The van der Waals surface area contributed by atoms with Gasteiger partial charge in [0.25, 0.3) is 0 Å². The number of hydrogen-bond acceptors (Lipinski definition) is 2. The Bertz CT molecular complexity index is 330. The lowest BCUT2D eigenvalue weighted by Crippen LogP contribution is -2.51. The number of likely N-dealkylation sites (tertiary alicyclic amines) is 1. The summed E-state index contributed by atoms with van der Waals surface area (Å²) < 4.78 is 0. The SMILES string of the molecule is CC1CN(CCC2CCNC23CCC3)CC12CC2. The van der Waals surface area contributed by atoms with E-state index < -0.39 is 0 Å². The largest absolute Gasteiger partial charge is 0.311 e. The number of hydrogen-bond donors (Lipinski definition) is 1. The predicted octanol–water partition coefficient (Wildman–Crippen LogP) is 2.64. The van der Waals surface area contributed by atoms with Gasteiger partial charge in [-0.25, -0.2) is 0 Å². The molecule has 2 unspecified atom stereocenters. The van der Waals surface area contributed by atoms with Crippen molar-refractivity contribution in [2.75, 3.05) is 26.2 Å². The highest BCUT2D eigenvalue weighted by molar-refractivity contribution is 5.07. The van der Waals surface area contributed by atoms with Gasteiger partial charge in [0.2, 0.25) is 0 Å². The van der Waals surface area contributed by atoms with Crippen molar-refractivity contribution in [3.05, 3.63) is 0 Å². The standard InChI is InChI=1S/C16H28N2/c1-13-11-18(12-15(13)7-8-15)10-4-14-3-9-17-16(14)5-2-6-16/h13-14,17H,2-12H2,1H3. The van der Waals surface area contributed by atoms with E-state index in [4.69, 9.17) is 0 Å². The minimum Gasteiger partial charge on any atom is -0.311 e. The molecule has 0 aromatic carbocycles. The summed E-state index contributed by atoms with van der Waals surface area (Å²) >= 11 is 0. The fourth-order valence-electron chi connectivity index (χ4n) is 5.05. The second kappa shape index (κ2) is 3.96. The number of nitrogens with one attached hydrogen (secondary N) is 1. The van der Waals surface area contributed by atoms with E-state index in [0.29, 0.717) is 5.54 Å². The third-order valence-corrected chi connectivity index (χ3v) is 6.80. The van der Waals surface area contributed by atoms with Crippen LogP contribution in [-0.2, 0) is 0 Å². The normalized spacial score (nSPS) is 40.5. The van der Waals surface area contributed by atoms with Gasteiger partial charge in [-0.2, -0.15) is 0 Å². The van der Waals surface area contributed by atoms with E-state index in [1.807, 2.05) is 0 Å². The molecule has 2 heteroatoms. The molecule has 18 heavy (non-hydrogen) atoms. The Kier molecular flexibility index (Phi) is 2.58. The monoisotopic (exact) mass is 248 g/mol. The highest BCUT2D eigenvalue weighted by atomic mass is 15.2. The first-order valence-electron chi connectivity index (χ1n) is 8.20. The van der Waals surface area contributed by atoms with Crippen LogP contribution in [0.15, 0.2) is 0 Å². The topological polar surface area (TPSA) is 15.3 Å². The molecule has 4 aliphatic rings. The van der Waals surface area contributed by atoms with Crippen molar-refractivity contribution in [3.63, 3.8) is 0 Å². The molecule has 102 valence electrons. The molecule has 2 aliphatic heterocycles. The fraction of sp³-hybridized carbons (Fsp3) is 1.00. The summed E-state index contributed by atoms with van der Waals surface area (Å²) in [6.07, 6.45) is 10.3. The van der Waals surface area contributed by atoms with Gasteiger partial charge < -0.3 is 10.2 Å². The lowest BCUT2D eigenvalue weighted by atomic mass is 9.68. The van der Waals surface area contributed by atoms with Crippen molar-refractivity contribution in [1.29, 1.82) is 0 Å². The smallest absolute Gasteiger partial charge is 0.0210 e. The molecule has 2 nitrogen and oxygen atoms in total. The Hall–Kier alpha value is -0.0800. The summed E-state index contributed by atoms with van der Waals surface area (Å²) in [5.74, 6) is 1.95. The minimum atomic E-state index is 0.600. The molecule has 0 aromatic rings. The highest BCUT2D eigenvalue weighted by Crippen LogP contribution is 2.56. The van der Waals surface area contributed by atoms with E-state index in [2.05, 4.69) is 17.1 Å². The Morgan fingerprint density at radius 2 is 2.06 bits per heavy atom. The van der Waals surface area contributed by atoms with Crippen molar-refractivity contribution in [1.82, 2.24) is 10.2 Å². The maximum Gasteiger partial charge on any atom is 0.0210 e. The van der Waals surface area contributed by atoms with Crippen molar-refractivity contribution in [3.8, 4) is 0 Å². The quantitative estimate of drug-likeness (QED) is 0.826. The lowest BCUT2D eigenvalue weighted by molar-refractivity contribution is 0.133. The van der Waals surface area contributed by atoms with Crippen LogP contribution in [0, 0.1) is 17.3 Å². The zero-order valence-electron chi connectivity index (χ0n) is 11.9. The van der Waals surface area contributed by atoms with Crippen molar-refractivity contribution in [2.45, 2.75) is 57.4 Å². The Morgan fingerprint density at radius 3 is 2.67 bits per heavy atom. The molecule has 4 rings (SSSR count). The maximum atomic E-state index is 3.81. The van der Waals surface area contributed by atoms with E-state index >= 15 is 0 Å². The molecule has 0 amide bonds. The van der Waals surface area contributed by atoms with Gasteiger partial charge in [-0.05, 0) is 75.3 Å². The van der Waals surface area contributed by atoms with Crippen LogP contribution in [0.4, 0.5) is 0 Å². The molecule has 2 heterocycles. The van der Waals surface area contributed by atoms with E-state index in [1.165, 1.54) is 71.1 Å². The molecule has 4 fully saturated rings. The summed E-state index contributed by atoms with van der Waals surface area (Å²) in [5, 5.41) is 3.81. The minimum absolute atomic E-state index is 0.600. The van der Waals surface area contributed by atoms with Crippen LogP contribution in [-0.4, -0.2) is 36.6 Å². The first-order valence-corrected chi connectivity index (χ1v) is 8.20. The van der Waals surface area contributed by atoms with Crippen LogP contribution in [0.5, 0.6) is 0 Å². The summed E-state index contributed by atoms with van der Waals surface area (Å²) in [7, 11) is 0. The summed E-state index contributed by atoms with van der Waals surface area (Å²) in [5.41, 5.74) is 1.38. The predicted molar refractivity (Wildman–Crippen MR) is 74.6 cm³/mol. The van der Waals surface area contributed by atoms with Gasteiger partial charge in [0.1, 0.15) is 0 Å². The average Bonchev–Trinajstić information content (AvgIpc) is 2.84. The molecule has 2 saturated carbocycles. The fourth-order valence-corrected chi connectivity index (χ4v) is 5.05. The second-order valence-corrected chi connectivity index (χ2v) is 7.71. The van der Waals surface area contributed by atoms with Gasteiger partial charge in [-0.1, -0.05) is 6.92 Å². The van der Waals surface area contributed by atoms with Crippen LogP contribution < -0.4 is 5.32 Å². The molecule has 0 radical (unpaired) electrons. The van der Waals surface area contributed by atoms with Crippen LogP contribution in [0.2, 0.25) is 0 Å². The average molecular weight is 248 g/mol. The molecular formula is C16H28N2. The molecule has 2 spiro atoms. The molecule has 2 saturated heterocycles. The maximum absolute atomic E-state index is 3.81. The molecule has 2 atom stereocenters. The summed E-state index contributed by atoms with van der Waals surface area (Å²) in [4.78, 5) is 2.78. The first-order chi connectivity index (χ1) is 8.73. The van der Waals surface area contributed by atoms with Crippen molar-refractivity contribution < 1.29 is 0 Å². The molecular weight excluding hydrogens is 220 g/mol. The van der Waals surface area contributed by atoms with Crippen LogP contribution in [0.3, 0.4) is 0 Å². The highest BCUT2D eigenvalue weighted by Gasteiger charge is 2.53. The van der Waals surface area contributed by atoms with Crippen LogP contribution in [0.25, 0.3) is 0 Å². The molecule has 0 aromatic heterocycles. The van der Waals surface area contributed by atoms with Crippen molar-refractivity contribution >= 4 is 0 Å². The molecule has 2 aliphatic carbocycles. The van der Waals surface area contributed by atoms with E-state index in [-0.39, 0.29) is 0 Å². The Morgan fingerprint density at radius 1 is 1.22 bits per heavy atom. The van der Waals surface area contributed by atoms with Crippen LogP contribution in [0.1, 0.15) is 51.9 Å². The van der Waals surface area contributed by atoms with Gasteiger partial charge in [0.05, 0.1) is 0 Å². The third kappa shape index (κ3) is 1.68. The number of rotatable bonds is 3. The number of nitrogens with zero attached hydrogens (tertiary/aromatic N) is 1. The van der Waals surface area contributed by atoms with E-state index in [1.54, 1.807) is 0 Å². The van der Waals surface area contributed by atoms with Gasteiger partial charge in [-0.15, -0.1) is 0 Å². The first kappa shape index (κ1) is 11.7. The summed E-state index contributed by atoms with van der Waals surface area (Å²) in [6.45, 7) is 7.94. The van der Waals surface area contributed by atoms with Gasteiger partial charge in [0.15, 0.2) is 0 Å². The van der Waals surface area contributed by atoms with E-state index in [0.717, 1.165) is 17.3 Å². The van der Waals surface area contributed by atoms with Gasteiger partial charge in [-0.3, -0.25) is 0 Å². The molecule has 0 bridgehead atoms.